The molecule has 0 fully saturated rings. The Bertz CT molecular complexity index is 1200. The van der Waals surface area contributed by atoms with E-state index in [4.69, 9.17) is 26.5 Å². The molecule has 0 aliphatic heterocycles. The van der Waals surface area contributed by atoms with Gasteiger partial charge in [0, 0.05) is 12.0 Å². The SMILES string of the molecule is O=C(O)/C=C/c1ccc(/C(=C(/CCCl)c2ccccc2)c2ccc(OP(=O)(O)O)cc2)cc1. The maximum absolute atomic E-state index is 11.2. The molecule has 6 nitrogen and oxygen atoms in total. The molecule has 0 radical (unpaired) electrons. The zero-order valence-corrected chi connectivity index (χ0v) is 19.1. The summed E-state index contributed by atoms with van der Waals surface area (Å²) in [5.74, 6) is -0.572. The van der Waals surface area contributed by atoms with E-state index in [1.165, 1.54) is 18.2 Å². The van der Waals surface area contributed by atoms with E-state index in [2.05, 4.69) is 4.52 Å². The van der Waals surface area contributed by atoms with Crippen LogP contribution >= 0.6 is 19.4 Å². The fraction of sp³-hybridized carbons (Fsp3) is 0.0800. The van der Waals surface area contributed by atoms with Crippen molar-refractivity contribution < 1.29 is 28.8 Å². The van der Waals surface area contributed by atoms with Crippen LogP contribution in [0.4, 0.5) is 0 Å². The standard InChI is InChI=1S/C25H22ClO6P/c26-17-16-23(19-4-2-1-3-5-19)25(20-9-6-18(7-10-20)8-15-24(27)28)21-11-13-22(14-12-21)32-33(29,30)31/h1-15H,16-17H2,(H,27,28)(H2,29,30,31)/b15-8+,25-23+. The van der Waals surface area contributed by atoms with Crippen LogP contribution in [-0.4, -0.2) is 26.7 Å². The minimum absolute atomic E-state index is 0.0548. The minimum Gasteiger partial charge on any atom is -0.478 e. The summed E-state index contributed by atoms with van der Waals surface area (Å²) in [7, 11) is -4.66. The van der Waals surface area contributed by atoms with Crippen LogP contribution in [0.2, 0.25) is 0 Å². The topological polar surface area (TPSA) is 104 Å². The van der Waals surface area contributed by atoms with Crippen molar-refractivity contribution in [1.82, 2.24) is 0 Å². The van der Waals surface area contributed by atoms with Gasteiger partial charge >= 0.3 is 13.8 Å². The number of benzene rings is 3. The van der Waals surface area contributed by atoms with Gasteiger partial charge < -0.3 is 9.63 Å². The lowest BCUT2D eigenvalue weighted by atomic mass is 9.88. The summed E-state index contributed by atoms with van der Waals surface area (Å²) in [6.45, 7) is 0. The number of hydrogen-bond acceptors (Lipinski definition) is 3. The number of phosphoric ester groups is 1. The minimum atomic E-state index is -4.66. The number of phosphoric acid groups is 1. The van der Waals surface area contributed by atoms with Crippen molar-refractivity contribution in [1.29, 1.82) is 0 Å². The van der Waals surface area contributed by atoms with Gasteiger partial charge in [-0.25, -0.2) is 9.36 Å². The summed E-state index contributed by atoms with van der Waals surface area (Å²) in [5.41, 5.74) is 5.34. The first-order valence-electron chi connectivity index (χ1n) is 9.98. The molecule has 33 heavy (non-hydrogen) atoms. The third-order valence-electron chi connectivity index (χ3n) is 4.75. The Morgan fingerprint density at radius 1 is 0.879 bits per heavy atom. The van der Waals surface area contributed by atoms with Gasteiger partial charge in [-0.15, -0.1) is 11.6 Å². The first-order valence-corrected chi connectivity index (χ1v) is 12.0. The summed E-state index contributed by atoms with van der Waals surface area (Å²) in [6.07, 6.45) is 3.18. The Labute approximate surface area is 196 Å². The van der Waals surface area contributed by atoms with Crippen molar-refractivity contribution in [2.45, 2.75) is 6.42 Å². The van der Waals surface area contributed by atoms with Gasteiger partial charge in [0.2, 0.25) is 0 Å². The number of rotatable bonds is 9. The Morgan fingerprint density at radius 2 is 1.45 bits per heavy atom. The number of alkyl halides is 1. The molecule has 0 aliphatic rings. The largest absolute Gasteiger partial charge is 0.524 e. The van der Waals surface area contributed by atoms with E-state index >= 15 is 0 Å². The maximum Gasteiger partial charge on any atom is 0.524 e. The Hall–Kier alpha value is -3.15. The van der Waals surface area contributed by atoms with Gasteiger partial charge in [0.1, 0.15) is 5.75 Å². The Morgan fingerprint density at radius 3 is 1.97 bits per heavy atom. The van der Waals surface area contributed by atoms with Crippen LogP contribution in [0.25, 0.3) is 17.2 Å². The molecule has 0 spiro atoms. The predicted octanol–water partition coefficient (Wildman–Crippen LogP) is 5.84. The maximum atomic E-state index is 11.2. The van der Waals surface area contributed by atoms with Gasteiger partial charge in [0.15, 0.2) is 0 Å². The molecule has 3 aromatic carbocycles. The van der Waals surface area contributed by atoms with E-state index in [-0.39, 0.29) is 5.75 Å². The summed E-state index contributed by atoms with van der Waals surface area (Å²) in [5, 5.41) is 8.85. The molecule has 3 N–H and O–H groups in total. The summed E-state index contributed by atoms with van der Waals surface area (Å²) < 4.78 is 15.8. The highest BCUT2D eigenvalue weighted by Crippen LogP contribution is 2.39. The zero-order valence-electron chi connectivity index (χ0n) is 17.5. The third kappa shape index (κ3) is 7.17. The molecule has 0 bridgehead atoms. The first-order chi connectivity index (χ1) is 15.8. The van der Waals surface area contributed by atoms with Gasteiger partial charge in [-0.1, -0.05) is 66.7 Å². The second kappa shape index (κ2) is 11.1. The molecule has 0 aromatic heterocycles. The van der Waals surface area contributed by atoms with Crippen molar-refractivity contribution >= 4 is 42.6 Å². The molecule has 0 saturated heterocycles. The number of carbonyl (C=O) groups is 1. The molecule has 0 heterocycles. The first kappa shape index (κ1) is 24.5. The van der Waals surface area contributed by atoms with Gasteiger partial charge in [-0.2, -0.15) is 0 Å². The third-order valence-corrected chi connectivity index (χ3v) is 5.39. The molecule has 0 atom stereocenters. The Balaban J connectivity index is 2.14. The number of hydrogen-bond donors (Lipinski definition) is 3. The van der Waals surface area contributed by atoms with Crippen molar-refractivity contribution in [2.75, 3.05) is 5.88 Å². The van der Waals surface area contributed by atoms with Crippen molar-refractivity contribution in [3.05, 3.63) is 107 Å². The lowest BCUT2D eigenvalue weighted by Crippen LogP contribution is -1.97. The van der Waals surface area contributed by atoms with Crippen molar-refractivity contribution in [3.8, 4) is 5.75 Å². The summed E-state index contributed by atoms with van der Waals surface area (Å²) in [6, 6.07) is 23.7. The molecule has 8 heteroatoms. The Kier molecular flexibility index (Phi) is 8.26. The lowest BCUT2D eigenvalue weighted by molar-refractivity contribution is -0.131. The number of carboxylic acids is 1. The monoisotopic (exact) mass is 484 g/mol. The molecular weight excluding hydrogens is 463 g/mol. The molecule has 0 aliphatic carbocycles. The molecular formula is C25H22ClO6P. The molecule has 0 unspecified atom stereocenters. The quantitative estimate of drug-likeness (QED) is 0.152. The average Bonchev–Trinajstić information content (AvgIpc) is 2.79. The zero-order chi connectivity index (χ0) is 23.8. The van der Waals surface area contributed by atoms with E-state index in [1.54, 1.807) is 12.1 Å². The smallest absolute Gasteiger partial charge is 0.478 e. The molecule has 3 rings (SSSR count). The van der Waals surface area contributed by atoms with Gasteiger partial charge in [-0.3, -0.25) is 9.79 Å². The van der Waals surface area contributed by atoms with Gasteiger partial charge in [-0.05, 0) is 58.0 Å². The van der Waals surface area contributed by atoms with Crippen LogP contribution in [0.5, 0.6) is 5.75 Å². The fourth-order valence-corrected chi connectivity index (χ4v) is 4.00. The van der Waals surface area contributed by atoms with E-state index in [0.29, 0.717) is 12.3 Å². The number of aliphatic carboxylic acids is 1. The van der Waals surface area contributed by atoms with Crippen molar-refractivity contribution in [3.63, 3.8) is 0 Å². The summed E-state index contributed by atoms with van der Waals surface area (Å²) >= 11 is 6.15. The molecule has 3 aromatic rings. The van der Waals surface area contributed by atoms with E-state index in [9.17, 15) is 9.36 Å². The van der Waals surface area contributed by atoms with Crippen molar-refractivity contribution in [2.24, 2.45) is 0 Å². The van der Waals surface area contributed by atoms with Crippen LogP contribution in [0.3, 0.4) is 0 Å². The number of carboxylic acid groups (broad SMARTS) is 1. The van der Waals surface area contributed by atoms with Crippen LogP contribution in [0.15, 0.2) is 84.9 Å². The highest BCUT2D eigenvalue weighted by molar-refractivity contribution is 7.46. The summed E-state index contributed by atoms with van der Waals surface area (Å²) in [4.78, 5) is 28.9. The molecule has 0 saturated carbocycles. The van der Waals surface area contributed by atoms with Crippen LogP contribution in [0.1, 0.15) is 28.7 Å². The van der Waals surface area contributed by atoms with E-state index in [0.717, 1.165) is 39.5 Å². The van der Waals surface area contributed by atoms with Crippen LogP contribution in [0, 0.1) is 0 Å². The van der Waals surface area contributed by atoms with Gasteiger partial charge in [0.25, 0.3) is 0 Å². The second-order valence-electron chi connectivity index (χ2n) is 7.06. The van der Waals surface area contributed by atoms with Gasteiger partial charge in [0.05, 0.1) is 0 Å². The predicted molar refractivity (Wildman–Crippen MR) is 130 cm³/mol. The second-order valence-corrected chi connectivity index (χ2v) is 8.60. The average molecular weight is 485 g/mol. The fourth-order valence-electron chi connectivity index (χ4n) is 3.41. The van der Waals surface area contributed by atoms with E-state index in [1.807, 2.05) is 54.6 Å². The number of allylic oxidation sites excluding steroid dienone is 1. The van der Waals surface area contributed by atoms with Crippen LogP contribution < -0.4 is 4.52 Å². The van der Waals surface area contributed by atoms with E-state index < -0.39 is 13.8 Å². The molecule has 0 amide bonds. The number of halogens is 1. The van der Waals surface area contributed by atoms with Crippen LogP contribution in [-0.2, 0) is 9.36 Å². The lowest BCUT2D eigenvalue weighted by Gasteiger charge is -2.17. The highest BCUT2D eigenvalue weighted by atomic mass is 35.5. The normalized spacial score (nSPS) is 12.5. The molecule has 170 valence electrons. The highest BCUT2D eigenvalue weighted by Gasteiger charge is 2.17.